The van der Waals surface area contributed by atoms with Crippen LogP contribution in [0.15, 0.2) is 19.8 Å². The van der Waals surface area contributed by atoms with Crippen LogP contribution < -0.4 is 21.8 Å². The van der Waals surface area contributed by atoms with Crippen molar-refractivity contribution in [3.05, 3.63) is 43.0 Å². The fourth-order valence-corrected chi connectivity index (χ4v) is 5.37. The smallest absolute Gasteiger partial charge is 0.328 e. The highest BCUT2D eigenvalue weighted by Gasteiger charge is 2.33. The third-order valence-electron chi connectivity index (χ3n) is 7.15. The second-order valence-corrected chi connectivity index (χ2v) is 12.5. The number of amides is 2. The van der Waals surface area contributed by atoms with Gasteiger partial charge in [0.25, 0.3) is 11.8 Å². The molecule has 45 heavy (non-hydrogen) atoms. The van der Waals surface area contributed by atoms with E-state index in [9.17, 15) is 24.0 Å². The van der Waals surface area contributed by atoms with Gasteiger partial charge in [0.1, 0.15) is 23.3 Å². The van der Waals surface area contributed by atoms with Crippen LogP contribution in [-0.4, -0.2) is 54.0 Å². The SMILES string of the molecule is CCOC(=O)[C@H](CC(C)C)NC(=O)c1cc(Br)c(C)c2oc3c(C)c(=O)c(N)c(C(=O)N[C@H](CC(C)C)C(=O)OCC)c-3nc12. The number of nitrogen functional groups attached to an aromatic ring is 1. The highest BCUT2D eigenvalue weighted by atomic mass is 79.9. The van der Waals surface area contributed by atoms with Gasteiger partial charge >= 0.3 is 11.9 Å². The number of rotatable bonds is 12. The third kappa shape index (κ3) is 7.81. The molecule has 0 saturated carbocycles. The van der Waals surface area contributed by atoms with Gasteiger partial charge in [0.15, 0.2) is 11.3 Å². The molecule has 0 saturated heterocycles. The van der Waals surface area contributed by atoms with Crippen molar-refractivity contribution in [2.45, 2.75) is 80.3 Å². The number of aromatic nitrogens is 1. The summed E-state index contributed by atoms with van der Waals surface area (Å²) in [5, 5.41) is 5.40. The van der Waals surface area contributed by atoms with Gasteiger partial charge in [0, 0.05) is 15.6 Å². The number of benzene rings is 2. The molecular formula is C32H41BrN4O8. The van der Waals surface area contributed by atoms with Gasteiger partial charge in [-0.3, -0.25) is 14.4 Å². The van der Waals surface area contributed by atoms with Gasteiger partial charge in [-0.05, 0) is 58.4 Å². The fraction of sp³-hybridized carbons (Fsp3) is 0.500. The minimum atomic E-state index is -1.01. The summed E-state index contributed by atoms with van der Waals surface area (Å²) in [6.07, 6.45) is 0.607. The average Bonchev–Trinajstić information content (AvgIpc) is 2.96. The normalized spacial score (nSPS) is 12.8. The van der Waals surface area contributed by atoms with Gasteiger partial charge in [-0.15, -0.1) is 0 Å². The Bertz CT molecular complexity index is 1650. The van der Waals surface area contributed by atoms with Crippen LogP contribution in [-0.2, 0) is 19.1 Å². The predicted octanol–water partition coefficient (Wildman–Crippen LogP) is 4.67. The van der Waals surface area contributed by atoms with Crippen LogP contribution in [0, 0.1) is 25.7 Å². The second-order valence-electron chi connectivity index (χ2n) is 11.7. The van der Waals surface area contributed by atoms with Crippen molar-refractivity contribution >= 4 is 56.5 Å². The lowest BCUT2D eigenvalue weighted by atomic mass is 9.98. The summed E-state index contributed by atoms with van der Waals surface area (Å²) in [4.78, 5) is 70.7. The molecule has 3 rings (SSSR count). The standard InChI is InChI=1S/C32H41BrN4O8/c1-9-43-31(41)20(11-14(3)4)35-29(39)18-13-19(33)16(7)27-24(18)37-25-22(23(34)26(38)17(8)28(25)45-27)30(40)36-21(12-15(5)6)32(42)44-10-2/h13-15,20-21H,9-12,34H2,1-8H3,(H,35,39)(H,36,40)/t20-,21+/m0/s1. The van der Waals surface area contributed by atoms with E-state index in [1.165, 1.54) is 13.0 Å². The van der Waals surface area contributed by atoms with E-state index in [1.807, 2.05) is 27.7 Å². The number of fused-ring (bicyclic) bond motifs is 2. The summed E-state index contributed by atoms with van der Waals surface area (Å²) in [5.41, 5.74) is 5.84. The zero-order valence-electron chi connectivity index (χ0n) is 26.9. The molecule has 1 aliphatic carbocycles. The topological polar surface area (TPSA) is 180 Å². The van der Waals surface area contributed by atoms with Gasteiger partial charge in [0.05, 0.1) is 30.0 Å². The Morgan fingerprint density at radius 2 is 1.42 bits per heavy atom. The summed E-state index contributed by atoms with van der Waals surface area (Å²) >= 11 is 3.47. The number of carbonyl (C=O) groups is 4. The highest BCUT2D eigenvalue weighted by molar-refractivity contribution is 9.10. The van der Waals surface area contributed by atoms with E-state index >= 15 is 0 Å². The van der Waals surface area contributed by atoms with Crippen LogP contribution in [0.2, 0.25) is 0 Å². The van der Waals surface area contributed by atoms with E-state index in [0.29, 0.717) is 16.5 Å². The number of hydrogen-bond acceptors (Lipinski definition) is 10. The molecule has 2 amide bonds. The summed E-state index contributed by atoms with van der Waals surface area (Å²) in [6.45, 7) is 14.4. The number of aryl methyl sites for hydroxylation is 1. The summed E-state index contributed by atoms with van der Waals surface area (Å²) in [5.74, 6) is -2.55. The zero-order valence-corrected chi connectivity index (χ0v) is 28.5. The van der Waals surface area contributed by atoms with Crippen molar-refractivity contribution in [2.75, 3.05) is 18.9 Å². The average molecular weight is 690 g/mol. The molecule has 0 aromatic heterocycles. The first kappa shape index (κ1) is 35.5. The number of nitrogens with zero attached hydrogens (tertiary/aromatic N) is 1. The lowest BCUT2D eigenvalue weighted by molar-refractivity contribution is -0.146. The van der Waals surface area contributed by atoms with Crippen molar-refractivity contribution in [1.29, 1.82) is 0 Å². The first-order valence-corrected chi connectivity index (χ1v) is 15.7. The molecule has 1 aromatic carbocycles. The van der Waals surface area contributed by atoms with Crippen LogP contribution in [0.1, 0.15) is 86.2 Å². The van der Waals surface area contributed by atoms with E-state index in [2.05, 4.69) is 26.6 Å². The Balaban J connectivity index is 2.27. The maximum Gasteiger partial charge on any atom is 0.328 e. The highest BCUT2D eigenvalue weighted by Crippen LogP contribution is 2.36. The summed E-state index contributed by atoms with van der Waals surface area (Å²) in [7, 11) is 0. The van der Waals surface area contributed by atoms with Crippen LogP contribution in [0.4, 0.5) is 5.69 Å². The second kappa shape index (κ2) is 14.9. The first-order chi connectivity index (χ1) is 21.1. The molecule has 0 bridgehead atoms. The number of esters is 2. The molecule has 0 spiro atoms. The van der Waals surface area contributed by atoms with E-state index in [-0.39, 0.29) is 76.4 Å². The molecular weight excluding hydrogens is 648 g/mol. The first-order valence-electron chi connectivity index (χ1n) is 14.9. The molecule has 12 nitrogen and oxygen atoms in total. The molecule has 0 fully saturated rings. The molecule has 4 N–H and O–H groups in total. The molecule has 1 aliphatic heterocycles. The van der Waals surface area contributed by atoms with Crippen LogP contribution in [0.5, 0.6) is 0 Å². The van der Waals surface area contributed by atoms with Crippen LogP contribution in [0.3, 0.4) is 0 Å². The van der Waals surface area contributed by atoms with Crippen molar-refractivity contribution in [3.8, 4) is 11.5 Å². The maximum atomic E-state index is 13.7. The fourth-order valence-electron chi connectivity index (χ4n) is 4.96. The molecule has 0 unspecified atom stereocenters. The molecule has 1 aromatic rings. The van der Waals surface area contributed by atoms with Gasteiger partial charge < -0.3 is 30.3 Å². The van der Waals surface area contributed by atoms with Gasteiger partial charge in [0.2, 0.25) is 5.43 Å². The van der Waals surface area contributed by atoms with E-state index < -0.39 is 41.3 Å². The monoisotopic (exact) mass is 688 g/mol. The van der Waals surface area contributed by atoms with Crippen molar-refractivity contribution < 1.29 is 33.1 Å². The Labute approximate surface area is 270 Å². The van der Waals surface area contributed by atoms with Crippen molar-refractivity contribution in [1.82, 2.24) is 15.6 Å². The Kier molecular flexibility index (Phi) is 11.7. The van der Waals surface area contributed by atoms with Gasteiger partial charge in [-0.1, -0.05) is 43.6 Å². The Morgan fingerprint density at radius 1 is 0.911 bits per heavy atom. The van der Waals surface area contributed by atoms with Crippen LogP contribution >= 0.6 is 15.9 Å². The van der Waals surface area contributed by atoms with Gasteiger partial charge in [-0.2, -0.15) is 0 Å². The van der Waals surface area contributed by atoms with Gasteiger partial charge in [-0.25, -0.2) is 14.6 Å². The molecule has 2 atom stereocenters. The number of carbonyl (C=O) groups excluding carboxylic acids is 4. The lowest BCUT2D eigenvalue weighted by Gasteiger charge is -2.22. The number of hydrogen-bond donors (Lipinski definition) is 3. The van der Waals surface area contributed by atoms with Crippen LogP contribution in [0.25, 0.3) is 22.6 Å². The number of halogens is 1. The Morgan fingerprint density at radius 3 is 1.91 bits per heavy atom. The predicted molar refractivity (Wildman–Crippen MR) is 173 cm³/mol. The number of nitrogens with one attached hydrogen (secondary N) is 2. The van der Waals surface area contributed by atoms with Crippen molar-refractivity contribution in [2.24, 2.45) is 11.8 Å². The quantitative estimate of drug-likeness (QED) is 0.137. The largest absolute Gasteiger partial charge is 0.464 e. The number of nitrogens with two attached hydrogens (primary N) is 1. The van der Waals surface area contributed by atoms with Crippen molar-refractivity contribution in [3.63, 3.8) is 0 Å². The molecule has 2 aliphatic rings. The lowest BCUT2D eigenvalue weighted by Crippen LogP contribution is -2.43. The number of anilines is 1. The summed E-state index contributed by atoms with van der Waals surface area (Å²) in [6, 6.07) is -0.398. The minimum absolute atomic E-state index is 0.000148. The zero-order chi connectivity index (χ0) is 33.7. The maximum absolute atomic E-state index is 13.7. The molecule has 13 heteroatoms. The molecule has 244 valence electrons. The molecule has 0 radical (unpaired) electrons. The van der Waals surface area contributed by atoms with E-state index in [0.717, 1.165) is 0 Å². The van der Waals surface area contributed by atoms with E-state index in [4.69, 9.17) is 24.6 Å². The summed E-state index contributed by atoms with van der Waals surface area (Å²) < 4.78 is 17.1. The van der Waals surface area contributed by atoms with E-state index in [1.54, 1.807) is 20.8 Å². The molecule has 1 heterocycles. The third-order valence-corrected chi connectivity index (χ3v) is 7.98. The minimum Gasteiger partial charge on any atom is -0.464 e. The Hall–Kier alpha value is -4.00. The number of ether oxygens (including phenoxy) is 2.